The Morgan fingerprint density at radius 3 is 2.60 bits per heavy atom. The van der Waals surface area contributed by atoms with Gasteiger partial charge in [-0.15, -0.1) is 0 Å². The van der Waals surface area contributed by atoms with Crippen molar-refractivity contribution in [2.24, 2.45) is 4.99 Å². The molecule has 0 saturated heterocycles. The lowest BCUT2D eigenvalue weighted by Crippen LogP contribution is -2.39. The summed E-state index contributed by atoms with van der Waals surface area (Å²) in [6.07, 6.45) is 1.79. The van der Waals surface area contributed by atoms with E-state index >= 15 is 0 Å². The van der Waals surface area contributed by atoms with Crippen LogP contribution >= 0.6 is 27.3 Å². The number of esters is 1. The molecule has 40 heavy (non-hydrogen) atoms. The number of ether oxygens (including phenoxy) is 2. The standard InChI is InChI=1S/C31H26BrFN2O4S/c1-4-38-30(37)27-19(3)34-31-35(28(27)22-11-8-18(2)9-12-22)29(36)26(40-31)16-20-10-13-25(24(32)15-20)39-17-21-6-5-7-23(33)14-21/h5-16,28H,4,17H2,1-3H3/b26-16+/t28-/m0/s1. The smallest absolute Gasteiger partial charge is 0.338 e. The van der Waals surface area contributed by atoms with Gasteiger partial charge in [-0.25, -0.2) is 14.2 Å². The molecule has 0 spiro atoms. The van der Waals surface area contributed by atoms with Crippen molar-refractivity contribution >= 4 is 39.3 Å². The first-order valence-electron chi connectivity index (χ1n) is 12.7. The second-order valence-electron chi connectivity index (χ2n) is 9.32. The third-order valence-corrected chi connectivity index (χ3v) is 8.05. The highest BCUT2D eigenvalue weighted by atomic mass is 79.9. The minimum absolute atomic E-state index is 0.218. The Morgan fingerprint density at radius 2 is 1.90 bits per heavy atom. The van der Waals surface area contributed by atoms with Crippen LogP contribution in [0.4, 0.5) is 4.39 Å². The highest BCUT2D eigenvalue weighted by Gasteiger charge is 2.33. The van der Waals surface area contributed by atoms with Gasteiger partial charge in [0, 0.05) is 0 Å². The van der Waals surface area contributed by atoms with Gasteiger partial charge in [-0.05, 0) is 83.7 Å². The van der Waals surface area contributed by atoms with Crippen molar-refractivity contribution in [1.82, 2.24) is 4.57 Å². The average molecular weight is 622 g/mol. The van der Waals surface area contributed by atoms with Gasteiger partial charge in [0.05, 0.1) is 32.9 Å². The van der Waals surface area contributed by atoms with Gasteiger partial charge in [-0.1, -0.05) is 59.4 Å². The van der Waals surface area contributed by atoms with Crippen LogP contribution in [0.1, 0.15) is 42.1 Å². The normalized spacial score (nSPS) is 15.0. The van der Waals surface area contributed by atoms with Crippen molar-refractivity contribution < 1.29 is 18.7 Å². The van der Waals surface area contributed by atoms with E-state index in [1.165, 1.54) is 23.5 Å². The predicted octanol–water partition coefficient (Wildman–Crippen LogP) is 5.59. The fourth-order valence-corrected chi connectivity index (χ4v) is 6.08. The maximum atomic E-state index is 13.8. The van der Waals surface area contributed by atoms with E-state index in [0.717, 1.165) is 22.3 Å². The van der Waals surface area contributed by atoms with Gasteiger partial charge in [0.2, 0.25) is 0 Å². The first-order valence-corrected chi connectivity index (χ1v) is 14.3. The van der Waals surface area contributed by atoms with Gasteiger partial charge >= 0.3 is 5.97 Å². The molecule has 1 aromatic heterocycles. The van der Waals surface area contributed by atoms with E-state index in [1.54, 1.807) is 42.7 Å². The Hall–Kier alpha value is -3.82. The molecule has 0 bridgehead atoms. The van der Waals surface area contributed by atoms with E-state index in [2.05, 4.69) is 20.9 Å². The SMILES string of the molecule is CCOC(=O)C1=C(C)N=c2s/c(=C/c3ccc(OCc4cccc(F)c4)c(Br)c3)c(=O)n2[C@H]1c1ccc(C)cc1. The van der Waals surface area contributed by atoms with Gasteiger partial charge in [-0.2, -0.15) is 0 Å². The van der Waals surface area contributed by atoms with Crippen molar-refractivity contribution in [2.45, 2.75) is 33.4 Å². The predicted molar refractivity (Wildman–Crippen MR) is 156 cm³/mol. The molecule has 0 radical (unpaired) electrons. The van der Waals surface area contributed by atoms with E-state index in [0.29, 0.717) is 30.8 Å². The Kier molecular flexibility index (Phi) is 8.14. The fraction of sp³-hybridized carbons (Fsp3) is 0.194. The number of thiazole rings is 1. The lowest BCUT2D eigenvalue weighted by molar-refractivity contribution is -0.139. The third kappa shape index (κ3) is 5.71. The number of hydrogen-bond donors (Lipinski definition) is 0. The quantitative estimate of drug-likeness (QED) is 0.253. The molecule has 0 amide bonds. The van der Waals surface area contributed by atoms with Gasteiger partial charge in [0.15, 0.2) is 4.80 Å². The number of benzene rings is 3. The van der Waals surface area contributed by atoms with Crippen LogP contribution < -0.4 is 19.6 Å². The summed E-state index contributed by atoms with van der Waals surface area (Å²) in [5, 5.41) is 0. The summed E-state index contributed by atoms with van der Waals surface area (Å²) in [4.78, 5) is 31.9. The molecule has 0 N–H and O–H groups in total. The number of halogens is 2. The van der Waals surface area contributed by atoms with Crippen LogP contribution in [0, 0.1) is 12.7 Å². The van der Waals surface area contributed by atoms with E-state index in [4.69, 9.17) is 9.47 Å². The molecule has 1 atom stereocenters. The zero-order valence-electron chi connectivity index (χ0n) is 22.1. The zero-order chi connectivity index (χ0) is 28.4. The lowest BCUT2D eigenvalue weighted by Gasteiger charge is -2.24. The molecule has 0 saturated carbocycles. The maximum absolute atomic E-state index is 13.8. The molecule has 0 unspecified atom stereocenters. The largest absolute Gasteiger partial charge is 0.488 e. The summed E-state index contributed by atoms with van der Waals surface area (Å²) in [7, 11) is 0. The number of aryl methyl sites for hydroxylation is 1. The molecule has 1 aliphatic rings. The second-order valence-corrected chi connectivity index (χ2v) is 11.2. The number of carbonyl (C=O) groups is 1. The third-order valence-electron chi connectivity index (χ3n) is 6.45. The fourth-order valence-electron chi connectivity index (χ4n) is 4.52. The van der Waals surface area contributed by atoms with Gasteiger partial charge in [-0.3, -0.25) is 9.36 Å². The molecule has 3 aromatic carbocycles. The van der Waals surface area contributed by atoms with Crippen molar-refractivity contribution in [1.29, 1.82) is 0 Å². The van der Waals surface area contributed by atoms with Crippen molar-refractivity contribution in [2.75, 3.05) is 6.61 Å². The Balaban J connectivity index is 1.52. The molecule has 0 aliphatic carbocycles. The number of carbonyl (C=O) groups excluding carboxylic acids is 1. The summed E-state index contributed by atoms with van der Waals surface area (Å²) in [6.45, 7) is 5.94. The van der Waals surface area contributed by atoms with Crippen LogP contribution in [0.2, 0.25) is 0 Å². The highest BCUT2D eigenvalue weighted by molar-refractivity contribution is 9.10. The number of fused-ring (bicyclic) bond motifs is 1. The summed E-state index contributed by atoms with van der Waals surface area (Å²) in [6, 6.07) is 18.9. The van der Waals surface area contributed by atoms with Crippen LogP contribution in [0.5, 0.6) is 5.75 Å². The lowest BCUT2D eigenvalue weighted by atomic mass is 9.95. The molecule has 5 rings (SSSR count). The molecular weight excluding hydrogens is 595 g/mol. The van der Waals surface area contributed by atoms with Crippen LogP contribution in [-0.2, 0) is 16.1 Å². The highest BCUT2D eigenvalue weighted by Crippen LogP contribution is 2.31. The van der Waals surface area contributed by atoms with E-state index in [-0.39, 0.29) is 24.6 Å². The van der Waals surface area contributed by atoms with Gasteiger partial charge in [0.25, 0.3) is 5.56 Å². The van der Waals surface area contributed by atoms with E-state index in [9.17, 15) is 14.0 Å². The minimum atomic E-state index is -0.650. The number of aromatic nitrogens is 1. The maximum Gasteiger partial charge on any atom is 0.338 e. The number of allylic oxidation sites excluding steroid dienone is 1. The number of nitrogens with zero attached hydrogens (tertiary/aromatic N) is 2. The van der Waals surface area contributed by atoms with Crippen LogP contribution in [-0.4, -0.2) is 17.1 Å². The average Bonchev–Trinajstić information content (AvgIpc) is 3.22. The van der Waals surface area contributed by atoms with Crippen molar-refractivity contribution in [3.63, 3.8) is 0 Å². The first-order chi connectivity index (χ1) is 19.2. The molecule has 6 nitrogen and oxygen atoms in total. The van der Waals surface area contributed by atoms with Crippen molar-refractivity contribution in [3.05, 3.63) is 130 Å². The number of hydrogen-bond acceptors (Lipinski definition) is 6. The molecule has 4 aromatic rings. The summed E-state index contributed by atoms with van der Waals surface area (Å²) >= 11 is 4.81. The topological polar surface area (TPSA) is 69.9 Å². The Morgan fingerprint density at radius 1 is 1.12 bits per heavy atom. The Bertz CT molecular complexity index is 1810. The summed E-state index contributed by atoms with van der Waals surface area (Å²) in [5.74, 6) is -0.204. The number of rotatable bonds is 7. The van der Waals surface area contributed by atoms with E-state index in [1.807, 2.05) is 43.3 Å². The summed E-state index contributed by atoms with van der Waals surface area (Å²) in [5.41, 5.74) is 4.01. The van der Waals surface area contributed by atoms with Crippen LogP contribution in [0.25, 0.3) is 6.08 Å². The molecule has 2 heterocycles. The van der Waals surface area contributed by atoms with Gasteiger partial charge in [0.1, 0.15) is 18.2 Å². The second kappa shape index (κ2) is 11.7. The molecule has 1 aliphatic heterocycles. The Labute approximate surface area is 242 Å². The summed E-state index contributed by atoms with van der Waals surface area (Å²) < 4.78 is 27.4. The molecule has 0 fully saturated rings. The van der Waals surface area contributed by atoms with Gasteiger partial charge < -0.3 is 9.47 Å². The van der Waals surface area contributed by atoms with E-state index < -0.39 is 12.0 Å². The first kappa shape index (κ1) is 27.7. The van der Waals surface area contributed by atoms with Crippen LogP contribution in [0.15, 0.2) is 92.3 Å². The van der Waals surface area contributed by atoms with Crippen molar-refractivity contribution in [3.8, 4) is 5.75 Å². The molecular formula is C31H26BrFN2O4S. The minimum Gasteiger partial charge on any atom is -0.488 e. The molecule has 9 heteroatoms. The monoisotopic (exact) mass is 620 g/mol. The van der Waals surface area contributed by atoms with Crippen LogP contribution in [0.3, 0.4) is 0 Å². The molecule has 204 valence electrons. The zero-order valence-corrected chi connectivity index (χ0v) is 24.5.